The van der Waals surface area contributed by atoms with Gasteiger partial charge in [0.25, 0.3) is 0 Å². The number of ether oxygens (including phenoxy) is 1. The highest BCUT2D eigenvalue weighted by Gasteiger charge is 2.23. The van der Waals surface area contributed by atoms with Crippen LogP contribution in [0.2, 0.25) is 5.02 Å². The van der Waals surface area contributed by atoms with Gasteiger partial charge in [-0.15, -0.1) is 0 Å². The molecular weight excluding hydrogens is 312 g/mol. The number of aliphatic hydroxyl groups is 1. The summed E-state index contributed by atoms with van der Waals surface area (Å²) in [6.07, 6.45) is 1.94. The Morgan fingerprint density at radius 3 is 2.70 bits per heavy atom. The molecule has 0 amide bonds. The van der Waals surface area contributed by atoms with Gasteiger partial charge in [0.15, 0.2) is 0 Å². The molecule has 1 saturated heterocycles. The monoisotopic (exact) mass is 340 g/mol. The first-order valence-electron chi connectivity index (χ1n) is 8.39. The molecular formula is C18H29ClN2O2. The molecule has 2 rings (SSSR count). The number of aliphatic hydroxyl groups excluding tert-OH is 1. The topological polar surface area (TPSA) is 35.9 Å². The van der Waals surface area contributed by atoms with Crippen LogP contribution in [0, 0.1) is 0 Å². The molecule has 0 aliphatic carbocycles. The number of nitrogens with zero attached hydrogens (tertiary/aromatic N) is 2. The maximum absolute atomic E-state index is 10.3. The van der Waals surface area contributed by atoms with Crippen LogP contribution in [0.15, 0.2) is 24.3 Å². The average Bonchev–Trinajstić information content (AvgIpc) is 2.53. The Hall–Kier alpha value is -0.650. The largest absolute Gasteiger partial charge is 0.389 e. The van der Waals surface area contributed by atoms with E-state index in [9.17, 15) is 5.11 Å². The minimum absolute atomic E-state index is 0.0437. The fourth-order valence-corrected chi connectivity index (χ4v) is 3.18. The normalized spacial score (nSPS) is 22.3. The van der Waals surface area contributed by atoms with Gasteiger partial charge < -0.3 is 14.7 Å². The molecule has 4 nitrogen and oxygen atoms in total. The van der Waals surface area contributed by atoms with E-state index in [1.807, 2.05) is 31.2 Å². The standard InChI is InChI=1S/C18H29ClN2O2/c1-14(15-6-8-16(19)9-7-15)23-13-18(22)12-21-10-4-5-17(11-21)20(2)3/h6-9,14,17-18,22H,4-5,10-13H2,1-3H3. The van der Waals surface area contributed by atoms with Crippen molar-refractivity contribution in [3.63, 3.8) is 0 Å². The summed E-state index contributed by atoms with van der Waals surface area (Å²) in [4.78, 5) is 4.62. The molecule has 1 N–H and O–H groups in total. The van der Waals surface area contributed by atoms with E-state index in [1.165, 1.54) is 12.8 Å². The fourth-order valence-electron chi connectivity index (χ4n) is 3.05. The van der Waals surface area contributed by atoms with Gasteiger partial charge in [0.2, 0.25) is 0 Å². The lowest BCUT2D eigenvalue weighted by Crippen LogP contribution is -2.47. The number of likely N-dealkylation sites (N-methyl/N-ethyl adjacent to an activating group) is 1. The van der Waals surface area contributed by atoms with Gasteiger partial charge in [0.1, 0.15) is 0 Å². The van der Waals surface area contributed by atoms with Gasteiger partial charge in [-0.2, -0.15) is 0 Å². The summed E-state index contributed by atoms with van der Waals surface area (Å²) >= 11 is 5.90. The predicted molar refractivity (Wildman–Crippen MR) is 95.0 cm³/mol. The summed E-state index contributed by atoms with van der Waals surface area (Å²) in [5.74, 6) is 0. The van der Waals surface area contributed by atoms with E-state index in [-0.39, 0.29) is 6.10 Å². The van der Waals surface area contributed by atoms with E-state index in [4.69, 9.17) is 16.3 Å². The molecule has 130 valence electrons. The van der Waals surface area contributed by atoms with Crippen molar-refractivity contribution < 1.29 is 9.84 Å². The van der Waals surface area contributed by atoms with Crippen LogP contribution in [-0.4, -0.2) is 67.4 Å². The smallest absolute Gasteiger partial charge is 0.0900 e. The number of hydrogen-bond donors (Lipinski definition) is 1. The molecule has 0 bridgehead atoms. The molecule has 3 unspecified atom stereocenters. The van der Waals surface area contributed by atoms with Crippen molar-refractivity contribution in [2.75, 3.05) is 40.3 Å². The summed E-state index contributed by atoms with van der Waals surface area (Å²) in [7, 11) is 4.25. The molecule has 1 aromatic carbocycles. The highest BCUT2D eigenvalue weighted by molar-refractivity contribution is 6.30. The van der Waals surface area contributed by atoms with Crippen molar-refractivity contribution in [1.29, 1.82) is 0 Å². The van der Waals surface area contributed by atoms with Gasteiger partial charge in [-0.25, -0.2) is 0 Å². The Morgan fingerprint density at radius 2 is 2.04 bits per heavy atom. The van der Waals surface area contributed by atoms with Gasteiger partial charge in [-0.3, -0.25) is 4.90 Å². The van der Waals surface area contributed by atoms with Gasteiger partial charge in [0, 0.05) is 24.2 Å². The summed E-state index contributed by atoms with van der Waals surface area (Å²) in [6, 6.07) is 8.24. The van der Waals surface area contributed by atoms with E-state index < -0.39 is 6.10 Å². The second kappa shape index (κ2) is 9.00. The number of rotatable bonds is 7. The maximum atomic E-state index is 10.3. The van der Waals surface area contributed by atoms with Crippen molar-refractivity contribution in [1.82, 2.24) is 9.80 Å². The van der Waals surface area contributed by atoms with Crippen LogP contribution in [0.1, 0.15) is 31.4 Å². The third kappa shape index (κ3) is 6.05. The lowest BCUT2D eigenvalue weighted by molar-refractivity contribution is -0.0213. The second-order valence-corrected chi connectivity index (χ2v) is 7.14. The molecule has 1 heterocycles. The van der Waals surface area contributed by atoms with Crippen LogP contribution in [0.25, 0.3) is 0 Å². The molecule has 5 heteroatoms. The number of hydrogen-bond acceptors (Lipinski definition) is 4. The summed E-state index contributed by atoms with van der Waals surface area (Å²) < 4.78 is 5.82. The second-order valence-electron chi connectivity index (χ2n) is 6.70. The summed E-state index contributed by atoms with van der Waals surface area (Å²) in [5.41, 5.74) is 1.08. The van der Waals surface area contributed by atoms with Gasteiger partial charge in [-0.1, -0.05) is 23.7 Å². The van der Waals surface area contributed by atoms with Crippen molar-refractivity contribution in [2.24, 2.45) is 0 Å². The highest BCUT2D eigenvalue weighted by atomic mass is 35.5. The van der Waals surface area contributed by atoms with E-state index in [2.05, 4.69) is 23.9 Å². The lowest BCUT2D eigenvalue weighted by Gasteiger charge is -2.37. The fraction of sp³-hybridized carbons (Fsp3) is 0.667. The third-order valence-electron chi connectivity index (χ3n) is 4.56. The van der Waals surface area contributed by atoms with Gasteiger partial charge in [-0.05, 0) is 58.1 Å². The number of likely N-dealkylation sites (tertiary alicyclic amines) is 1. The molecule has 1 aliphatic rings. The van der Waals surface area contributed by atoms with Crippen LogP contribution in [0.5, 0.6) is 0 Å². The minimum Gasteiger partial charge on any atom is -0.389 e. The molecule has 1 fully saturated rings. The van der Waals surface area contributed by atoms with Gasteiger partial charge in [0.05, 0.1) is 18.8 Å². The highest BCUT2D eigenvalue weighted by Crippen LogP contribution is 2.20. The lowest BCUT2D eigenvalue weighted by atomic mass is 10.0. The number of piperidine rings is 1. The SMILES string of the molecule is CC(OCC(O)CN1CCCC(N(C)C)C1)c1ccc(Cl)cc1. The minimum atomic E-state index is -0.453. The Morgan fingerprint density at radius 1 is 1.35 bits per heavy atom. The van der Waals surface area contributed by atoms with Crippen LogP contribution in [-0.2, 0) is 4.74 Å². The predicted octanol–water partition coefficient (Wildman–Crippen LogP) is 2.80. The average molecular weight is 341 g/mol. The molecule has 0 saturated carbocycles. The molecule has 1 aromatic rings. The van der Waals surface area contributed by atoms with Crippen LogP contribution in [0.3, 0.4) is 0 Å². The van der Waals surface area contributed by atoms with Crippen LogP contribution < -0.4 is 0 Å². The van der Waals surface area contributed by atoms with E-state index >= 15 is 0 Å². The zero-order chi connectivity index (χ0) is 16.8. The maximum Gasteiger partial charge on any atom is 0.0900 e. The molecule has 0 radical (unpaired) electrons. The Balaban J connectivity index is 1.74. The zero-order valence-electron chi connectivity index (χ0n) is 14.4. The van der Waals surface area contributed by atoms with Crippen molar-refractivity contribution in [3.8, 4) is 0 Å². The summed E-state index contributed by atoms with van der Waals surface area (Å²) in [5, 5.41) is 11.0. The molecule has 0 aromatic heterocycles. The molecule has 3 atom stereocenters. The summed E-state index contributed by atoms with van der Waals surface area (Å²) in [6.45, 7) is 5.12. The third-order valence-corrected chi connectivity index (χ3v) is 4.81. The Kier molecular flexibility index (Phi) is 7.31. The van der Waals surface area contributed by atoms with Crippen molar-refractivity contribution in [2.45, 2.75) is 38.0 Å². The Bertz CT molecular complexity index is 467. The number of halogens is 1. The van der Waals surface area contributed by atoms with E-state index in [0.717, 1.165) is 23.7 Å². The molecule has 0 spiro atoms. The van der Waals surface area contributed by atoms with Crippen LogP contribution >= 0.6 is 11.6 Å². The number of β-amino-alcohol motifs (C(OH)–C–C–N with tert-alkyl or cyclic N) is 1. The first kappa shape index (κ1) is 18.7. The van der Waals surface area contributed by atoms with E-state index in [1.54, 1.807) is 0 Å². The van der Waals surface area contributed by atoms with Gasteiger partial charge >= 0.3 is 0 Å². The zero-order valence-corrected chi connectivity index (χ0v) is 15.2. The van der Waals surface area contributed by atoms with E-state index in [0.29, 0.717) is 19.2 Å². The number of benzene rings is 1. The Labute approximate surface area is 145 Å². The quantitative estimate of drug-likeness (QED) is 0.828. The van der Waals surface area contributed by atoms with Crippen molar-refractivity contribution >= 4 is 11.6 Å². The van der Waals surface area contributed by atoms with Crippen molar-refractivity contribution in [3.05, 3.63) is 34.9 Å². The molecule has 1 aliphatic heterocycles. The first-order chi connectivity index (χ1) is 11.0. The van der Waals surface area contributed by atoms with Crippen LogP contribution in [0.4, 0.5) is 0 Å². The first-order valence-corrected chi connectivity index (χ1v) is 8.77. The molecule has 23 heavy (non-hydrogen) atoms.